The number of anilines is 1. The van der Waals surface area contributed by atoms with Crippen LogP contribution in [-0.2, 0) is 6.54 Å². The van der Waals surface area contributed by atoms with Crippen LogP contribution in [0.25, 0.3) is 0 Å². The Morgan fingerprint density at radius 1 is 1.05 bits per heavy atom. The molecule has 1 atom stereocenters. The SMILES string of the molecule is CC(I)CCCN1Cc2ccccc2C#Cc2ccccc21. The van der Waals surface area contributed by atoms with Crippen molar-refractivity contribution in [3.8, 4) is 11.8 Å². The summed E-state index contributed by atoms with van der Waals surface area (Å²) >= 11 is 2.51. The number of rotatable bonds is 4. The fraction of sp³-hybridized carbons (Fsp3) is 0.300. The maximum Gasteiger partial charge on any atom is 0.0528 e. The molecule has 112 valence electrons. The Hall–Kier alpha value is -1.47. The minimum Gasteiger partial charge on any atom is -0.366 e. The molecule has 0 N–H and O–H groups in total. The molecule has 0 bridgehead atoms. The quantitative estimate of drug-likeness (QED) is 0.396. The number of para-hydroxylation sites is 1. The average molecular weight is 401 g/mol. The molecule has 0 saturated carbocycles. The third-order valence-corrected chi connectivity index (χ3v) is 4.61. The number of fused-ring (bicyclic) bond motifs is 2. The number of benzene rings is 2. The largest absolute Gasteiger partial charge is 0.366 e. The second-order valence-corrected chi connectivity index (χ2v) is 7.90. The Bertz CT molecular complexity index is 709. The highest BCUT2D eigenvalue weighted by atomic mass is 127. The van der Waals surface area contributed by atoms with Gasteiger partial charge in [0.15, 0.2) is 0 Å². The van der Waals surface area contributed by atoms with Gasteiger partial charge in [0, 0.05) is 28.1 Å². The maximum absolute atomic E-state index is 3.36. The molecule has 1 nitrogen and oxygen atoms in total. The number of alkyl halides is 1. The molecule has 0 saturated heterocycles. The topological polar surface area (TPSA) is 3.24 Å². The highest BCUT2D eigenvalue weighted by molar-refractivity contribution is 14.1. The summed E-state index contributed by atoms with van der Waals surface area (Å²) in [7, 11) is 0. The summed E-state index contributed by atoms with van der Waals surface area (Å²) in [5.74, 6) is 6.70. The summed E-state index contributed by atoms with van der Waals surface area (Å²) in [6, 6.07) is 17.0. The van der Waals surface area contributed by atoms with Gasteiger partial charge >= 0.3 is 0 Å². The third kappa shape index (κ3) is 3.64. The first-order chi connectivity index (χ1) is 10.7. The van der Waals surface area contributed by atoms with Crippen LogP contribution in [0.4, 0.5) is 5.69 Å². The second kappa shape index (κ2) is 7.19. The zero-order chi connectivity index (χ0) is 15.4. The number of nitrogens with zero attached hydrogens (tertiary/aromatic N) is 1. The monoisotopic (exact) mass is 401 g/mol. The van der Waals surface area contributed by atoms with Crippen molar-refractivity contribution in [2.75, 3.05) is 11.4 Å². The summed E-state index contributed by atoms with van der Waals surface area (Å²) in [5, 5.41) is 0. The molecule has 1 aliphatic rings. The van der Waals surface area contributed by atoms with Crippen molar-refractivity contribution in [3.63, 3.8) is 0 Å². The van der Waals surface area contributed by atoms with Crippen molar-refractivity contribution in [1.82, 2.24) is 0 Å². The van der Waals surface area contributed by atoms with Gasteiger partial charge in [0.25, 0.3) is 0 Å². The highest BCUT2D eigenvalue weighted by Crippen LogP contribution is 2.25. The van der Waals surface area contributed by atoms with Gasteiger partial charge in [-0.25, -0.2) is 0 Å². The smallest absolute Gasteiger partial charge is 0.0528 e. The van der Waals surface area contributed by atoms with Gasteiger partial charge in [-0.05, 0) is 36.6 Å². The van der Waals surface area contributed by atoms with Crippen molar-refractivity contribution in [1.29, 1.82) is 0 Å². The minimum absolute atomic E-state index is 0.731. The fourth-order valence-electron chi connectivity index (χ4n) is 2.82. The van der Waals surface area contributed by atoms with Crippen molar-refractivity contribution in [2.24, 2.45) is 0 Å². The summed E-state index contributed by atoms with van der Waals surface area (Å²) < 4.78 is 0.731. The molecule has 0 spiro atoms. The van der Waals surface area contributed by atoms with E-state index in [1.165, 1.54) is 24.1 Å². The van der Waals surface area contributed by atoms with E-state index in [-0.39, 0.29) is 0 Å². The Morgan fingerprint density at radius 3 is 2.55 bits per heavy atom. The highest BCUT2D eigenvalue weighted by Gasteiger charge is 2.14. The van der Waals surface area contributed by atoms with Gasteiger partial charge in [0.05, 0.1) is 5.69 Å². The van der Waals surface area contributed by atoms with Gasteiger partial charge in [-0.3, -0.25) is 0 Å². The zero-order valence-electron chi connectivity index (χ0n) is 12.8. The second-order valence-electron chi connectivity index (χ2n) is 5.77. The lowest BCUT2D eigenvalue weighted by Gasteiger charge is -2.28. The van der Waals surface area contributed by atoms with Crippen LogP contribution >= 0.6 is 22.6 Å². The first-order valence-corrected chi connectivity index (χ1v) is 9.06. The third-order valence-electron chi connectivity index (χ3n) is 3.99. The van der Waals surface area contributed by atoms with E-state index in [9.17, 15) is 0 Å². The molecule has 1 unspecified atom stereocenters. The van der Waals surface area contributed by atoms with E-state index in [1.54, 1.807) is 0 Å². The molecule has 0 fully saturated rings. The average Bonchev–Trinajstić information content (AvgIpc) is 2.51. The molecular formula is C20H20IN. The Balaban J connectivity index is 1.94. The zero-order valence-corrected chi connectivity index (χ0v) is 15.0. The normalized spacial score (nSPS) is 14.0. The minimum atomic E-state index is 0.731. The molecule has 0 aromatic heterocycles. The fourth-order valence-corrected chi connectivity index (χ4v) is 3.26. The molecule has 2 heteroatoms. The van der Waals surface area contributed by atoms with Crippen LogP contribution in [-0.4, -0.2) is 10.5 Å². The van der Waals surface area contributed by atoms with Gasteiger partial charge in [0.1, 0.15) is 0 Å². The molecule has 0 aliphatic carbocycles. The number of hydrogen-bond acceptors (Lipinski definition) is 1. The van der Waals surface area contributed by atoms with Crippen molar-refractivity contribution in [2.45, 2.75) is 30.2 Å². The van der Waals surface area contributed by atoms with Crippen molar-refractivity contribution >= 4 is 28.3 Å². The molecular weight excluding hydrogens is 381 g/mol. The van der Waals surface area contributed by atoms with Gasteiger partial charge in [0.2, 0.25) is 0 Å². The Labute approximate surface area is 146 Å². The van der Waals surface area contributed by atoms with Crippen molar-refractivity contribution < 1.29 is 0 Å². The lowest BCUT2D eigenvalue weighted by molar-refractivity contribution is 0.689. The Kier molecular flexibility index (Phi) is 5.04. The van der Waals surface area contributed by atoms with Crippen LogP contribution in [0.15, 0.2) is 48.5 Å². The van der Waals surface area contributed by atoms with Crippen LogP contribution in [0.2, 0.25) is 0 Å². The van der Waals surface area contributed by atoms with E-state index in [0.717, 1.165) is 28.1 Å². The van der Waals surface area contributed by atoms with Gasteiger partial charge in [-0.15, -0.1) is 0 Å². The van der Waals surface area contributed by atoms with E-state index in [2.05, 4.69) is 94.8 Å². The van der Waals surface area contributed by atoms with E-state index in [0.29, 0.717) is 0 Å². The molecule has 2 aromatic carbocycles. The summed E-state index contributed by atoms with van der Waals surface area (Å²) in [6.45, 7) is 4.31. The van der Waals surface area contributed by atoms with Gasteiger partial charge in [-0.1, -0.05) is 71.7 Å². The predicted octanol–water partition coefficient (Wildman–Crippen LogP) is 5.01. The van der Waals surface area contributed by atoms with Crippen molar-refractivity contribution in [3.05, 3.63) is 65.2 Å². The molecule has 2 aromatic rings. The Morgan fingerprint density at radius 2 is 1.73 bits per heavy atom. The van der Waals surface area contributed by atoms with E-state index in [4.69, 9.17) is 0 Å². The van der Waals surface area contributed by atoms with E-state index < -0.39 is 0 Å². The molecule has 0 amide bonds. The lowest BCUT2D eigenvalue weighted by atomic mass is 10.0. The van der Waals surface area contributed by atoms with E-state index >= 15 is 0 Å². The van der Waals surface area contributed by atoms with Crippen LogP contribution in [0.1, 0.15) is 36.5 Å². The van der Waals surface area contributed by atoms with Crippen LogP contribution in [0, 0.1) is 11.8 Å². The first-order valence-electron chi connectivity index (χ1n) is 7.82. The molecule has 1 aliphatic heterocycles. The van der Waals surface area contributed by atoms with Crippen LogP contribution in [0.5, 0.6) is 0 Å². The lowest BCUT2D eigenvalue weighted by Crippen LogP contribution is -2.26. The predicted molar refractivity (Wildman–Crippen MR) is 103 cm³/mol. The number of halogens is 1. The van der Waals surface area contributed by atoms with Crippen LogP contribution in [0.3, 0.4) is 0 Å². The maximum atomic E-state index is 3.36. The van der Waals surface area contributed by atoms with Gasteiger partial charge in [-0.2, -0.15) is 0 Å². The standard InChI is InChI=1S/C20H20IN/c1-16(21)7-6-14-22-15-19-10-3-2-8-17(19)12-13-18-9-4-5-11-20(18)22/h2-5,8-11,16H,6-7,14-15H2,1H3. The van der Waals surface area contributed by atoms with Gasteiger partial charge < -0.3 is 4.90 Å². The van der Waals surface area contributed by atoms with Crippen LogP contribution < -0.4 is 4.90 Å². The van der Waals surface area contributed by atoms with E-state index in [1.807, 2.05) is 0 Å². The molecule has 1 heterocycles. The summed E-state index contributed by atoms with van der Waals surface area (Å²) in [6.07, 6.45) is 2.47. The summed E-state index contributed by atoms with van der Waals surface area (Å²) in [4.78, 5) is 2.49. The number of hydrogen-bond donors (Lipinski definition) is 0. The first kappa shape index (κ1) is 15.4. The molecule has 0 radical (unpaired) electrons. The molecule has 3 rings (SSSR count). The summed E-state index contributed by atoms with van der Waals surface area (Å²) in [5.41, 5.74) is 4.89. The molecule has 22 heavy (non-hydrogen) atoms.